The first-order chi connectivity index (χ1) is 4.61. The van der Waals surface area contributed by atoms with Gasteiger partial charge >= 0.3 is 0 Å². The number of hydrogen-bond donors (Lipinski definition) is 2. The first-order valence-electron chi connectivity index (χ1n) is 3.40. The van der Waals surface area contributed by atoms with Gasteiger partial charge in [-0.25, -0.2) is 3.11 Å². The molecule has 10 heavy (non-hydrogen) atoms. The van der Waals surface area contributed by atoms with Crippen molar-refractivity contribution in [3.05, 3.63) is 0 Å². The van der Waals surface area contributed by atoms with Gasteiger partial charge in [0.15, 0.2) is 0 Å². The van der Waals surface area contributed by atoms with Crippen molar-refractivity contribution in [3.8, 4) is 0 Å². The summed E-state index contributed by atoms with van der Waals surface area (Å²) in [5.41, 5.74) is 0. The smallest absolute Gasteiger partial charge is 0.0934 e. The standard InChI is InChI=1S/C6H12INO2/c1-4-2-5(9)6(10)3-8(4)7/h4-6,9-10H,2-3H2,1H3. The second-order valence-corrected chi connectivity index (χ2v) is 4.04. The molecule has 1 saturated heterocycles. The van der Waals surface area contributed by atoms with Crippen molar-refractivity contribution < 1.29 is 10.2 Å². The highest BCUT2D eigenvalue weighted by atomic mass is 127. The molecular formula is C6H12INO2. The summed E-state index contributed by atoms with van der Waals surface area (Å²) in [5.74, 6) is 0. The minimum Gasteiger partial charge on any atom is -0.390 e. The molecule has 1 rings (SSSR count). The van der Waals surface area contributed by atoms with Gasteiger partial charge in [0.2, 0.25) is 0 Å². The molecule has 0 saturated carbocycles. The third-order valence-electron chi connectivity index (χ3n) is 1.87. The van der Waals surface area contributed by atoms with Gasteiger partial charge in [-0.05, 0) is 13.3 Å². The van der Waals surface area contributed by atoms with Gasteiger partial charge in [0.25, 0.3) is 0 Å². The lowest BCUT2D eigenvalue weighted by Gasteiger charge is -2.34. The lowest BCUT2D eigenvalue weighted by atomic mass is 10.0. The highest BCUT2D eigenvalue weighted by Crippen LogP contribution is 2.20. The molecule has 3 nitrogen and oxygen atoms in total. The van der Waals surface area contributed by atoms with Crippen LogP contribution in [0.1, 0.15) is 13.3 Å². The van der Waals surface area contributed by atoms with Crippen LogP contribution < -0.4 is 0 Å². The average Bonchev–Trinajstić information content (AvgIpc) is 1.84. The summed E-state index contributed by atoms with van der Waals surface area (Å²) in [7, 11) is 0. The normalized spacial score (nSPS) is 43.8. The SMILES string of the molecule is CC1CC(O)C(O)CN1I. The molecule has 0 aromatic rings. The van der Waals surface area contributed by atoms with Crippen LogP contribution in [0.25, 0.3) is 0 Å². The zero-order chi connectivity index (χ0) is 7.72. The molecule has 4 heteroatoms. The van der Waals surface area contributed by atoms with Gasteiger partial charge in [-0.15, -0.1) is 0 Å². The molecule has 0 radical (unpaired) electrons. The van der Waals surface area contributed by atoms with E-state index in [4.69, 9.17) is 5.11 Å². The predicted molar refractivity (Wildman–Crippen MR) is 46.8 cm³/mol. The fourth-order valence-corrected chi connectivity index (χ4v) is 1.73. The van der Waals surface area contributed by atoms with Gasteiger partial charge < -0.3 is 10.2 Å². The van der Waals surface area contributed by atoms with E-state index < -0.39 is 12.2 Å². The second-order valence-electron chi connectivity index (χ2n) is 2.80. The number of aliphatic hydroxyl groups excluding tert-OH is 2. The first kappa shape index (κ1) is 8.70. The second kappa shape index (κ2) is 3.34. The molecule has 3 unspecified atom stereocenters. The predicted octanol–water partition coefficient (Wildman–Crippen LogP) is 0.152. The lowest BCUT2D eigenvalue weighted by Crippen LogP contribution is -2.46. The average molecular weight is 257 g/mol. The van der Waals surface area contributed by atoms with E-state index >= 15 is 0 Å². The van der Waals surface area contributed by atoms with Gasteiger partial charge in [-0.3, -0.25) is 0 Å². The quantitative estimate of drug-likeness (QED) is 0.479. The highest BCUT2D eigenvalue weighted by molar-refractivity contribution is 14.1. The van der Waals surface area contributed by atoms with Crippen LogP contribution in [0.4, 0.5) is 0 Å². The maximum atomic E-state index is 9.19. The number of β-amino-alcohol motifs (C(OH)–C–C–N with tert-alkyl or cyclic N) is 1. The van der Waals surface area contributed by atoms with Gasteiger partial charge in [0, 0.05) is 35.5 Å². The van der Waals surface area contributed by atoms with E-state index in [9.17, 15) is 5.11 Å². The Morgan fingerprint density at radius 3 is 2.50 bits per heavy atom. The van der Waals surface area contributed by atoms with Crippen LogP contribution >= 0.6 is 22.9 Å². The Morgan fingerprint density at radius 2 is 2.00 bits per heavy atom. The molecule has 1 fully saturated rings. The lowest BCUT2D eigenvalue weighted by molar-refractivity contribution is -0.0275. The zero-order valence-electron chi connectivity index (χ0n) is 5.87. The van der Waals surface area contributed by atoms with E-state index in [0.717, 1.165) is 0 Å². The fraction of sp³-hybridized carbons (Fsp3) is 1.00. The van der Waals surface area contributed by atoms with Crippen LogP contribution in [-0.2, 0) is 0 Å². The molecule has 1 aliphatic rings. The summed E-state index contributed by atoms with van der Waals surface area (Å²) in [5, 5.41) is 18.4. The van der Waals surface area contributed by atoms with Crippen molar-refractivity contribution in [2.75, 3.05) is 6.54 Å². The van der Waals surface area contributed by atoms with Gasteiger partial charge in [-0.2, -0.15) is 0 Å². The minimum absolute atomic E-state index is 0.374. The maximum Gasteiger partial charge on any atom is 0.0934 e. The Bertz CT molecular complexity index is 96.3. The monoisotopic (exact) mass is 257 g/mol. The summed E-state index contributed by atoms with van der Waals surface area (Å²) < 4.78 is 2.02. The summed E-state index contributed by atoms with van der Waals surface area (Å²) in [4.78, 5) is 0. The van der Waals surface area contributed by atoms with Crippen LogP contribution in [0.5, 0.6) is 0 Å². The van der Waals surface area contributed by atoms with E-state index in [-0.39, 0.29) is 0 Å². The fourth-order valence-electron chi connectivity index (χ4n) is 1.10. The minimum atomic E-state index is -0.562. The van der Waals surface area contributed by atoms with Crippen molar-refractivity contribution in [1.29, 1.82) is 0 Å². The molecule has 0 spiro atoms. The van der Waals surface area contributed by atoms with E-state index in [1.54, 1.807) is 0 Å². The van der Waals surface area contributed by atoms with Crippen LogP contribution in [0.2, 0.25) is 0 Å². The first-order valence-corrected chi connectivity index (χ1v) is 4.36. The summed E-state index contributed by atoms with van der Waals surface area (Å²) in [6.45, 7) is 2.62. The van der Waals surface area contributed by atoms with Gasteiger partial charge in [0.05, 0.1) is 12.2 Å². The van der Waals surface area contributed by atoms with Crippen molar-refractivity contribution in [2.45, 2.75) is 31.6 Å². The molecule has 2 N–H and O–H groups in total. The molecule has 60 valence electrons. The molecule has 0 aliphatic carbocycles. The molecular weight excluding hydrogens is 245 g/mol. The summed E-state index contributed by atoms with van der Waals surface area (Å²) >= 11 is 2.17. The van der Waals surface area contributed by atoms with Crippen LogP contribution in [0, 0.1) is 0 Å². The third kappa shape index (κ3) is 1.81. The largest absolute Gasteiger partial charge is 0.390 e. The number of hydrogen-bond acceptors (Lipinski definition) is 3. The van der Waals surface area contributed by atoms with E-state index in [1.807, 2.05) is 10.0 Å². The molecule has 0 amide bonds. The number of nitrogens with zero attached hydrogens (tertiary/aromatic N) is 1. The van der Waals surface area contributed by atoms with E-state index in [2.05, 4.69) is 22.9 Å². The Morgan fingerprint density at radius 1 is 1.40 bits per heavy atom. The van der Waals surface area contributed by atoms with Crippen LogP contribution in [0.3, 0.4) is 0 Å². The molecule has 1 aliphatic heterocycles. The van der Waals surface area contributed by atoms with Gasteiger partial charge in [-0.1, -0.05) is 0 Å². The van der Waals surface area contributed by atoms with Gasteiger partial charge in [0.1, 0.15) is 0 Å². The number of piperidine rings is 1. The van der Waals surface area contributed by atoms with Crippen molar-refractivity contribution in [2.24, 2.45) is 0 Å². The number of aliphatic hydroxyl groups is 2. The van der Waals surface area contributed by atoms with E-state index in [0.29, 0.717) is 19.0 Å². The number of rotatable bonds is 0. The maximum absolute atomic E-state index is 9.19. The van der Waals surface area contributed by atoms with Crippen molar-refractivity contribution in [1.82, 2.24) is 3.11 Å². The Kier molecular flexibility index (Phi) is 2.91. The zero-order valence-corrected chi connectivity index (χ0v) is 8.02. The van der Waals surface area contributed by atoms with Crippen molar-refractivity contribution >= 4 is 22.9 Å². The molecule has 3 atom stereocenters. The highest BCUT2D eigenvalue weighted by Gasteiger charge is 2.29. The molecule has 1 heterocycles. The Labute approximate surface area is 74.5 Å². The molecule has 0 aromatic heterocycles. The van der Waals surface area contributed by atoms with Crippen LogP contribution in [-0.4, -0.2) is 38.1 Å². The Balaban J connectivity index is 2.46. The molecule has 0 bridgehead atoms. The third-order valence-corrected chi connectivity index (χ3v) is 3.21. The summed E-state index contributed by atoms with van der Waals surface area (Å²) in [6.07, 6.45) is -0.418. The Hall–Kier alpha value is 0.610. The summed E-state index contributed by atoms with van der Waals surface area (Å²) in [6, 6.07) is 0.374. The topological polar surface area (TPSA) is 43.7 Å². The van der Waals surface area contributed by atoms with Crippen molar-refractivity contribution in [3.63, 3.8) is 0 Å². The van der Waals surface area contributed by atoms with E-state index in [1.165, 1.54) is 0 Å². The number of halogens is 1. The molecule has 0 aromatic carbocycles. The van der Waals surface area contributed by atoms with Crippen LogP contribution in [0.15, 0.2) is 0 Å².